The number of carbonyl (C=O) groups excluding carboxylic acids is 1. The van der Waals surface area contributed by atoms with Gasteiger partial charge in [-0.25, -0.2) is 4.79 Å². The molecule has 0 saturated heterocycles. The number of methoxy groups -OCH3 is 1. The topological polar surface area (TPSA) is 35.5 Å². The van der Waals surface area contributed by atoms with E-state index >= 15 is 0 Å². The third kappa shape index (κ3) is 4.29. The smallest absolute Gasteiger partial charge is 0.343 e. The quantitative estimate of drug-likeness (QED) is 0.349. The lowest BCUT2D eigenvalue weighted by Crippen LogP contribution is -2.38. The van der Waals surface area contributed by atoms with Crippen LogP contribution in [0.3, 0.4) is 0 Å². The van der Waals surface area contributed by atoms with Crippen LogP contribution in [0.5, 0.6) is 0 Å². The molecule has 0 fully saturated rings. The molecule has 0 spiro atoms. The average molecular weight is 340 g/mol. The van der Waals surface area contributed by atoms with E-state index in [0.29, 0.717) is 0 Å². The normalized spacial score (nSPS) is 14.7. The Labute approximate surface area is 150 Å². The summed E-state index contributed by atoms with van der Waals surface area (Å²) in [7, 11) is 1.54. The predicted molar refractivity (Wildman–Crippen MR) is 103 cm³/mol. The van der Waals surface area contributed by atoms with Crippen molar-refractivity contribution in [2.75, 3.05) is 7.11 Å². The van der Waals surface area contributed by atoms with Gasteiger partial charge < -0.3 is 9.47 Å². The van der Waals surface area contributed by atoms with Crippen LogP contribution in [-0.4, -0.2) is 19.2 Å². The van der Waals surface area contributed by atoms with Crippen molar-refractivity contribution in [3.8, 4) is 0 Å². The molecule has 0 unspecified atom stereocenters. The van der Waals surface area contributed by atoms with Crippen LogP contribution in [0.2, 0.25) is 0 Å². The summed E-state index contributed by atoms with van der Waals surface area (Å²) in [5.74, 6) is -0.382. The largest absolute Gasteiger partial charge is 0.456 e. The third-order valence-corrected chi connectivity index (χ3v) is 4.71. The lowest BCUT2D eigenvalue weighted by molar-refractivity contribution is -0.172. The summed E-state index contributed by atoms with van der Waals surface area (Å²) in [5, 5.41) is 2.06. The molecule has 134 valence electrons. The standard InChI is InChI=1S/C22H28O3/c1-5-7-8-14-18(6-2)25-21(23)22(3,24-4)20-16-11-13-17-12-9-10-15-19(17)20/h6,9-13,15-16,18H,2,5,7-8,14H2,1,3-4H3/t18-,22-/m0/s1. The van der Waals surface area contributed by atoms with Crippen molar-refractivity contribution in [1.29, 1.82) is 0 Å². The van der Waals surface area contributed by atoms with Crippen molar-refractivity contribution in [3.63, 3.8) is 0 Å². The maximum atomic E-state index is 12.9. The summed E-state index contributed by atoms with van der Waals surface area (Å²) < 4.78 is 11.4. The number of carbonyl (C=O) groups is 1. The first kappa shape index (κ1) is 19.2. The second kappa shape index (κ2) is 8.82. The molecule has 2 atom stereocenters. The Morgan fingerprint density at radius 2 is 1.92 bits per heavy atom. The van der Waals surface area contributed by atoms with E-state index in [1.807, 2.05) is 42.5 Å². The van der Waals surface area contributed by atoms with E-state index in [4.69, 9.17) is 9.47 Å². The molecule has 2 rings (SSSR count). The van der Waals surface area contributed by atoms with E-state index in [1.165, 1.54) is 0 Å². The Bertz CT molecular complexity index is 717. The van der Waals surface area contributed by atoms with Gasteiger partial charge in [-0.3, -0.25) is 0 Å². The van der Waals surface area contributed by atoms with Gasteiger partial charge in [-0.2, -0.15) is 0 Å². The highest BCUT2D eigenvalue weighted by Gasteiger charge is 2.39. The fourth-order valence-corrected chi connectivity index (χ4v) is 3.01. The highest BCUT2D eigenvalue weighted by Crippen LogP contribution is 2.33. The van der Waals surface area contributed by atoms with Crippen molar-refractivity contribution in [2.24, 2.45) is 0 Å². The van der Waals surface area contributed by atoms with Gasteiger partial charge in [-0.1, -0.05) is 74.9 Å². The van der Waals surface area contributed by atoms with Gasteiger partial charge >= 0.3 is 5.97 Å². The number of hydrogen-bond donors (Lipinski definition) is 0. The Balaban J connectivity index is 2.28. The van der Waals surface area contributed by atoms with Gasteiger partial charge in [0.05, 0.1) is 0 Å². The molecule has 0 aromatic heterocycles. The summed E-state index contributed by atoms with van der Waals surface area (Å²) >= 11 is 0. The first-order chi connectivity index (χ1) is 12.1. The number of ether oxygens (including phenoxy) is 2. The van der Waals surface area contributed by atoms with E-state index in [9.17, 15) is 4.79 Å². The van der Waals surface area contributed by atoms with Gasteiger partial charge in [-0.05, 0) is 30.5 Å². The van der Waals surface area contributed by atoms with Crippen LogP contribution in [0.15, 0.2) is 55.1 Å². The van der Waals surface area contributed by atoms with Crippen LogP contribution in [0.25, 0.3) is 10.8 Å². The molecule has 0 N–H and O–H groups in total. The minimum absolute atomic E-state index is 0.288. The molecule has 3 heteroatoms. The van der Waals surface area contributed by atoms with E-state index < -0.39 is 5.60 Å². The Morgan fingerprint density at radius 3 is 2.60 bits per heavy atom. The van der Waals surface area contributed by atoms with Crippen molar-refractivity contribution < 1.29 is 14.3 Å². The molecule has 0 saturated carbocycles. The van der Waals surface area contributed by atoms with Crippen LogP contribution < -0.4 is 0 Å². The Morgan fingerprint density at radius 1 is 1.20 bits per heavy atom. The highest BCUT2D eigenvalue weighted by atomic mass is 16.6. The van der Waals surface area contributed by atoms with Crippen molar-refractivity contribution in [2.45, 2.75) is 51.2 Å². The Kier molecular flexibility index (Phi) is 6.77. The highest BCUT2D eigenvalue weighted by molar-refractivity contribution is 5.92. The zero-order valence-electron chi connectivity index (χ0n) is 15.5. The maximum absolute atomic E-state index is 12.9. The van der Waals surface area contributed by atoms with E-state index in [0.717, 1.165) is 42.0 Å². The molecule has 0 aliphatic rings. The fraction of sp³-hybridized carbons (Fsp3) is 0.409. The molecule has 0 amide bonds. The number of hydrogen-bond acceptors (Lipinski definition) is 3. The molecule has 2 aromatic rings. The van der Waals surface area contributed by atoms with Crippen LogP contribution in [0.1, 0.15) is 45.1 Å². The van der Waals surface area contributed by atoms with Crippen molar-refractivity contribution in [3.05, 3.63) is 60.7 Å². The monoisotopic (exact) mass is 340 g/mol. The second-order valence-electron chi connectivity index (χ2n) is 6.44. The molecule has 3 nitrogen and oxygen atoms in total. The number of unbranched alkanes of at least 4 members (excludes halogenated alkanes) is 2. The van der Waals surface area contributed by atoms with Crippen LogP contribution >= 0.6 is 0 Å². The molecule has 0 bridgehead atoms. The zero-order valence-corrected chi connectivity index (χ0v) is 15.5. The first-order valence-corrected chi connectivity index (χ1v) is 8.93. The van der Waals surface area contributed by atoms with E-state index in [2.05, 4.69) is 13.5 Å². The summed E-state index contributed by atoms with van der Waals surface area (Å²) in [6, 6.07) is 13.9. The van der Waals surface area contributed by atoms with Crippen molar-refractivity contribution in [1.82, 2.24) is 0 Å². The molecule has 0 aliphatic heterocycles. The molecular weight excluding hydrogens is 312 g/mol. The van der Waals surface area contributed by atoms with Crippen LogP contribution in [0.4, 0.5) is 0 Å². The SMILES string of the molecule is C=C[C@@H](CCCCC)OC(=O)[C@@](C)(OC)c1cccc2ccccc12. The number of fused-ring (bicyclic) bond motifs is 1. The average Bonchev–Trinajstić information content (AvgIpc) is 2.66. The predicted octanol–water partition coefficient (Wildman–Crippen LogP) is 5.38. The van der Waals surface area contributed by atoms with Crippen molar-refractivity contribution >= 4 is 16.7 Å². The Hall–Kier alpha value is -2.13. The lowest BCUT2D eigenvalue weighted by Gasteiger charge is -2.29. The van der Waals surface area contributed by atoms with Gasteiger partial charge in [0.15, 0.2) is 5.60 Å². The first-order valence-electron chi connectivity index (χ1n) is 8.93. The summed E-state index contributed by atoms with van der Waals surface area (Å²) in [4.78, 5) is 12.9. The van der Waals surface area contributed by atoms with Gasteiger partial charge in [0, 0.05) is 12.7 Å². The van der Waals surface area contributed by atoms with Crippen LogP contribution in [0, 0.1) is 0 Å². The minimum Gasteiger partial charge on any atom is -0.456 e. The lowest BCUT2D eigenvalue weighted by atomic mass is 9.90. The molecular formula is C22H28O3. The summed E-state index contributed by atoms with van der Waals surface area (Å²) in [5.41, 5.74) is -0.346. The van der Waals surface area contributed by atoms with Gasteiger partial charge in [0.25, 0.3) is 0 Å². The third-order valence-electron chi connectivity index (χ3n) is 4.71. The van der Waals surface area contributed by atoms with E-state index in [1.54, 1.807) is 20.1 Å². The van der Waals surface area contributed by atoms with Crippen LogP contribution in [-0.2, 0) is 19.9 Å². The summed E-state index contributed by atoms with van der Waals surface area (Å²) in [6.45, 7) is 7.72. The molecule has 25 heavy (non-hydrogen) atoms. The van der Waals surface area contributed by atoms with Gasteiger partial charge in [0.1, 0.15) is 6.10 Å². The molecule has 0 radical (unpaired) electrons. The second-order valence-corrected chi connectivity index (χ2v) is 6.44. The van der Waals surface area contributed by atoms with Gasteiger partial charge in [-0.15, -0.1) is 0 Å². The fourth-order valence-electron chi connectivity index (χ4n) is 3.01. The number of esters is 1. The molecule has 0 aliphatic carbocycles. The number of rotatable bonds is 9. The minimum atomic E-state index is -1.16. The molecule has 0 heterocycles. The number of benzene rings is 2. The molecule has 2 aromatic carbocycles. The summed E-state index contributed by atoms with van der Waals surface area (Å²) in [6.07, 6.45) is 5.46. The zero-order chi connectivity index (χ0) is 18.3. The van der Waals surface area contributed by atoms with Gasteiger partial charge in [0.2, 0.25) is 0 Å². The van der Waals surface area contributed by atoms with E-state index in [-0.39, 0.29) is 12.1 Å². The maximum Gasteiger partial charge on any atom is 0.343 e.